The summed E-state index contributed by atoms with van der Waals surface area (Å²) in [7, 11) is 0. The topological polar surface area (TPSA) is 97.8 Å². The summed E-state index contributed by atoms with van der Waals surface area (Å²) < 4.78 is 0. The zero-order chi connectivity index (χ0) is 17.4. The zero-order valence-electron chi connectivity index (χ0n) is 13.5. The van der Waals surface area contributed by atoms with Gasteiger partial charge in [0.25, 0.3) is 0 Å². The van der Waals surface area contributed by atoms with E-state index in [9.17, 15) is 5.11 Å². The number of hydrogen-bond donors (Lipinski definition) is 2. The lowest BCUT2D eigenvalue weighted by atomic mass is 10.0. The number of hydrogen-bond acceptors (Lipinski definition) is 6. The van der Waals surface area contributed by atoms with E-state index in [1.54, 1.807) is 24.3 Å². The van der Waals surface area contributed by atoms with E-state index in [1.807, 2.05) is 31.2 Å². The standard InChI is InChI=1S/C19H15N5O/c1-11-2-4-12(5-3-11)15-16(13-6-8-14(25)9-7-13)24-19-17(23-15)18(20)21-10-22-19/h2-10,25H,1H3,(H2,20,21,22,24). The van der Waals surface area contributed by atoms with Crippen molar-refractivity contribution in [1.29, 1.82) is 0 Å². The molecule has 25 heavy (non-hydrogen) atoms. The van der Waals surface area contributed by atoms with E-state index >= 15 is 0 Å². The van der Waals surface area contributed by atoms with Crippen LogP contribution in [0.2, 0.25) is 0 Å². The summed E-state index contributed by atoms with van der Waals surface area (Å²) in [6.45, 7) is 2.03. The van der Waals surface area contributed by atoms with Crippen LogP contribution in [0.5, 0.6) is 5.75 Å². The number of anilines is 1. The molecule has 6 heteroatoms. The molecule has 122 valence electrons. The van der Waals surface area contributed by atoms with Crippen molar-refractivity contribution in [3.8, 4) is 28.3 Å². The molecule has 0 amide bonds. The van der Waals surface area contributed by atoms with Crippen molar-refractivity contribution >= 4 is 17.0 Å². The van der Waals surface area contributed by atoms with Crippen LogP contribution < -0.4 is 5.73 Å². The van der Waals surface area contributed by atoms with Gasteiger partial charge in [0.1, 0.15) is 12.1 Å². The van der Waals surface area contributed by atoms with E-state index in [2.05, 4.69) is 15.0 Å². The van der Waals surface area contributed by atoms with E-state index in [0.29, 0.717) is 28.4 Å². The molecule has 0 fully saturated rings. The Labute approximate surface area is 144 Å². The van der Waals surface area contributed by atoms with E-state index in [4.69, 9.17) is 10.7 Å². The van der Waals surface area contributed by atoms with Gasteiger partial charge in [-0.1, -0.05) is 29.8 Å². The van der Waals surface area contributed by atoms with E-state index in [-0.39, 0.29) is 5.75 Å². The molecule has 4 aromatic rings. The minimum atomic E-state index is 0.195. The number of aromatic hydroxyl groups is 1. The number of nitrogens with zero attached hydrogens (tertiary/aromatic N) is 4. The van der Waals surface area contributed by atoms with Gasteiger partial charge in [-0.25, -0.2) is 19.9 Å². The van der Waals surface area contributed by atoms with E-state index in [1.165, 1.54) is 6.33 Å². The number of aromatic nitrogens is 4. The molecule has 0 aliphatic heterocycles. The predicted molar refractivity (Wildman–Crippen MR) is 96.8 cm³/mol. The van der Waals surface area contributed by atoms with Crippen LogP contribution in [-0.2, 0) is 0 Å². The fourth-order valence-corrected chi connectivity index (χ4v) is 2.63. The van der Waals surface area contributed by atoms with Crippen LogP contribution in [-0.4, -0.2) is 25.0 Å². The zero-order valence-corrected chi connectivity index (χ0v) is 13.5. The van der Waals surface area contributed by atoms with Gasteiger partial charge in [0.2, 0.25) is 0 Å². The number of nitrogens with two attached hydrogens (primary N) is 1. The highest BCUT2D eigenvalue weighted by Gasteiger charge is 2.15. The quantitative estimate of drug-likeness (QED) is 0.585. The number of aryl methyl sites for hydroxylation is 1. The lowest BCUT2D eigenvalue weighted by molar-refractivity contribution is 0.475. The van der Waals surface area contributed by atoms with Crippen molar-refractivity contribution in [2.75, 3.05) is 5.73 Å². The first kappa shape index (κ1) is 15.0. The third-order valence-corrected chi connectivity index (χ3v) is 3.96. The fraction of sp³-hybridized carbons (Fsp3) is 0.0526. The first-order chi connectivity index (χ1) is 12.1. The molecule has 0 aliphatic carbocycles. The molecule has 2 aromatic carbocycles. The molecule has 0 bridgehead atoms. The highest BCUT2D eigenvalue weighted by atomic mass is 16.3. The Morgan fingerprint density at radius 2 is 1.40 bits per heavy atom. The largest absolute Gasteiger partial charge is 0.508 e. The van der Waals surface area contributed by atoms with Gasteiger partial charge in [0.15, 0.2) is 17.0 Å². The maximum atomic E-state index is 9.56. The van der Waals surface area contributed by atoms with E-state index in [0.717, 1.165) is 16.7 Å². The van der Waals surface area contributed by atoms with Crippen molar-refractivity contribution in [2.24, 2.45) is 0 Å². The van der Waals surface area contributed by atoms with Gasteiger partial charge in [-0.3, -0.25) is 0 Å². The molecule has 0 spiro atoms. The Bertz CT molecular complexity index is 1060. The summed E-state index contributed by atoms with van der Waals surface area (Å²) in [5.41, 5.74) is 11.1. The average molecular weight is 329 g/mol. The van der Waals surface area contributed by atoms with Gasteiger partial charge in [0.05, 0.1) is 11.4 Å². The molecule has 0 unspecified atom stereocenters. The number of fused-ring (bicyclic) bond motifs is 1. The molecule has 4 rings (SSSR count). The molecular weight excluding hydrogens is 314 g/mol. The Kier molecular flexibility index (Phi) is 3.50. The molecule has 2 heterocycles. The molecule has 6 nitrogen and oxygen atoms in total. The number of phenolic OH excluding ortho intramolecular Hbond substituents is 1. The average Bonchev–Trinajstić information content (AvgIpc) is 2.63. The molecule has 0 saturated carbocycles. The highest BCUT2D eigenvalue weighted by Crippen LogP contribution is 2.32. The van der Waals surface area contributed by atoms with Gasteiger partial charge in [-0.05, 0) is 31.2 Å². The summed E-state index contributed by atoms with van der Waals surface area (Å²) in [5.74, 6) is 0.490. The lowest BCUT2D eigenvalue weighted by Gasteiger charge is -2.11. The monoisotopic (exact) mass is 329 g/mol. The van der Waals surface area contributed by atoms with Gasteiger partial charge in [-0.15, -0.1) is 0 Å². The first-order valence-corrected chi connectivity index (χ1v) is 7.76. The van der Waals surface area contributed by atoms with Gasteiger partial charge < -0.3 is 10.8 Å². The summed E-state index contributed by atoms with van der Waals surface area (Å²) in [6, 6.07) is 14.9. The fourth-order valence-electron chi connectivity index (χ4n) is 2.63. The third-order valence-electron chi connectivity index (χ3n) is 3.96. The van der Waals surface area contributed by atoms with Crippen LogP contribution in [0, 0.1) is 6.92 Å². The Balaban J connectivity index is 2.03. The van der Waals surface area contributed by atoms with E-state index < -0.39 is 0 Å². The maximum Gasteiger partial charge on any atom is 0.184 e. The summed E-state index contributed by atoms with van der Waals surface area (Å²) in [4.78, 5) is 17.5. The predicted octanol–water partition coefficient (Wildman–Crippen LogP) is 3.35. The normalized spacial score (nSPS) is 10.9. The number of benzene rings is 2. The second-order valence-electron chi connectivity index (χ2n) is 5.76. The third kappa shape index (κ3) is 2.74. The molecule has 0 radical (unpaired) electrons. The smallest absolute Gasteiger partial charge is 0.184 e. The van der Waals surface area contributed by atoms with Crippen molar-refractivity contribution in [2.45, 2.75) is 6.92 Å². The van der Waals surface area contributed by atoms with Gasteiger partial charge in [-0.2, -0.15) is 0 Å². The van der Waals surface area contributed by atoms with Crippen molar-refractivity contribution in [1.82, 2.24) is 19.9 Å². The number of nitrogen functional groups attached to an aromatic ring is 1. The Morgan fingerprint density at radius 3 is 2.08 bits per heavy atom. The second kappa shape index (κ2) is 5.83. The Hall–Kier alpha value is -3.54. The highest BCUT2D eigenvalue weighted by molar-refractivity contribution is 5.88. The van der Waals surface area contributed by atoms with Crippen molar-refractivity contribution in [3.63, 3.8) is 0 Å². The lowest BCUT2D eigenvalue weighted by Crippen LogP contribution is -2.01. The minimum absolute atomic E-state index is 0.195. The van der Waals surface area contributed by atoms with Crippen LogP contribution in [0.4, 0.5) is 5.82 Å². The SMILES string of the molecule is Cc1ccc(-c2nc3c(N)ncnc3nc2-c2ccc(O)cc2)cc1. The minimum Gasteiger partial charge on any atom is -0.508 e. The van der Waals surface area contributed by atoms with Crippen LogP contribution in [0.15, 0.2) is 54.9 Å². The second-order valence-corrected chi connectivity index (χ2v) is 5.76. The van der Waals surface area contributed by atoms with Gasteiger partial charge in [0, 0.05) is 11.1 Å². The van der Waals surface area contributed by atoms with Gasteiger partial charge >= 0.3 is 0 Å². The molecule has 0 saturated heterocycles. The molecule has 0 aliphatic rings. The molecule has 3 N–H and O–H groups in total. The van der Waals surface area contributed by atoms with Crippen LogP contribution in [0.25, 0.3) is 33.7 Å². The van der Waals surface area contributed by atoms with Crippen LogP contribution in [0.1, 0.15) is 5.56 Å². The maximum absolute atomic E-state index is 9.56. The van der Waals surface area contributed by atoms with Crippen molar-refractivity contribution < 1.29 is 5.11 Å². The first-order valence-electron chi connectivity index (χ1n) is 7.76. The number of rotatable bonds is 2. The summed E-state index contributed by atoms with van der Waals surface area (Å²) >= 11 is 0. The molecule has 2 aromatic heterocycles. The van der Waals surface area contributed by atoms with Crippen LogP contribution >= 0.6 is 0 Å². The number of phenols is 1. The summed E-state index contributed by atoms with van der Waals surface area (Å²) in [6.07, 6.45) is 1.37. The summed E-state index contributed by atoms with van der Waals surface area (Å²) in [5, 5.41) is 9.56. The van der Waals surface area contributed by atoms with Crippen molar-refractivity contribution in [3.05, 3.63) is 60.4 Å². The molecular formula is C19H15N5O. The van der Waals surface area contributed by atoms with Crippen LogP contribution in [0.3, 0.4) is 0 Å². The Morgan fingerprint density at radius 1 is 0.800 bits per heavy atom. The molecule has 0 atom stereocenters.